The van der Waals surface area contributed by atoms with Crippen molar-refractivity contribution in [2.75, 3.05) is 13.1 Å². The number of aryl methyl sites for hydroxylation is 1. The Bertz CT molecular complexity index is 438. The fourth-order valence-electron chi connectivity index (χ4n) is 2.14. The van der Waals surface area contributed by atoms with Gasteiger partial charge in [-0.05, 0) is 29.5 Å². The lowest BCUT2D eigenvalue weighted by Gasteiger charge is -2.18. The highest BCUT2D eigenvalue weighted by Crippen LogP contribution is 2.25. The van der Waals surface area contributed by atoms with Crippen LogP contribution >= 0.6 is 0 Å². The van der Waals surface area contributed by atoms with Gasteiger partial charge in [-0.15, -0.1) is 0 Å². The number of carbonyl (C=O) groups is 1. The van der Waals surface area contributed by atoms with E-state index < -0.39 is 0 Å². The van der Waals surface area contributed by atoms with E-state index in [1.165, 1.54) is 16.7 Å². The zero-order valence-electron chi connectivity index (χ0n) is 9.91. The number of fused-ring (bicyclic) bond motifs is 1. The number of allylic oxidation sites excluding steroid dienone is 1. The van der Waals surface area contributed by atoms with Gasteiger partial charge in [0, 0.05) is 19.5 Å². The quantitative estimate of drug-likeness (QED) is 0.823. The van der Waals surface area contributed by atoms with Crippen molar-refractivity contribution in [2.24, 2.45) is 5.73 Å². The minimum atomic E-state index is 0.0245. The Kier molecular flexibility index (Phi) is 3.94. The van der Waals surface area contributed by atoms with Gasteiger partial charge < -0.3 is 11.1 Å². The fraction of sp³-hybridized carbons (Fsp3) is 0.357. The Hall–Kier alpha value is -1.61. The first-order chi connectivity index (χ1) is 8.31. The molecule has 0 unspecified atom stereocenters. The molecular formula is C14H18N2O. The molecule has 1 aliphatic rings. The minimum Gasteiger partial charge on any atom is -0.352 e. The van der Waals surface area contributed by atoms with Crippen molar-refractivity contribution in [3.05, 3.63) is 41.5 Å². The van der Waals surface area contributed by atoms with E-state index in [1.807, 2.05) is 6.07 Å². The van der Waals surface area contributed by atoms with Crippen molar-refractivity contribution in [3.8, 4) is 0 Å². The van der Waals surface area contributed by atoms with Crippen LogP contribution in [0, 0.1) is 0 Å². The molecule has 0 saturated carbocycles. The van der Waals surface area contributed by atoms with Gasteiger partial charge in [0.2, 0.25) is 5.91 Å². The molecule has 0 spiro atoms. The first-order valence-corrected chi connectivity index (χ1v) is 6.05. The molecule has 0 heterocycles. The second-order valence-electron chi connectivity index (χ2n) is 4.24. The van der Waals surface area contributed by atoms with E-state index >= 15 is 0 Å². The Morgan fingerprint density at radius 2 is 2.18 bits per heavy atom. The Balaban J connectivity index is 2.02. The van der Waals surface area contributed by atoms with Gasteiger partial charge in [-0.2, -0.15) is 0 Å². The second kappa shape index (κ2) is 5.64. The van der Waals surface area contributed by atoms with E-state index in [0.29, 0.717) is 19.5 Å². The van der Waals surface area contributed by atoms with E-state index in [-0.39, 0.29) is 5.91 Å². The van der Waals surface area contributed by atoms with Crippen LogP contribution < -0.4 is 11.1 Å². The summed E-state index contributed by atoms with van der Waals surface area (Å²) in [7, 11) is 0. The first-order valence-electron chi connectivity index (χ1n) is 6.05. The predicted molar refractivity (Wildman–Crippen MR) is 69.4 cm³/mol. The number of rotatable bonds is 4. The normalized spacial score (nSPS) is 13.8. The van der Waals surface area contributed by atoms with Crippen LogP contribution in [0.15, 0.2) is 30.3 Å². The highest BCUT2D eigenvalue weighted by Gasteiger charge is 2.12. The Labute approximate surface area is 102 Å². The highest BCUT2D eigenvalue weighted by atomic mass is 16.1. The number of carbonyl (C=O) groups excluding carboxylic acids is 1. The van der Waals surface area contributed by atoms with Gasteiger partial charge in [0.1, 0.15) is 0 Å². The molecule has 1 aromatic rings. The number of amides is 1. The van der Waals surface area contributed by atoms with Gasteiger partial charge in [-0.1, -0.05) is 30.3 Å². The fourth-order valence-corrected chi connectivity index (χ4v) is 2.14. The minimum absolute atomic E-state index is 0.0245. The van der Waals surface area contributed by atoms with Gasteiger partial charge in [-0.3, -0.25) is 4.79 Å². The number of nitrogens with one attached hydrogen (secondary N) is 1. The highest BCUT2D eigenvalue weighted by molar-refractivity contribution is 5.80. The summed E-state index contributed by atoms with van der Waals surface area (Å²) in [6.45, 7) is 1.01. The van der Waals surface area contributed by atoms with E-state index in [0.717, 1.165) is 12.8 Å². The molecule has 17 heavy (non-hydrogen) atoms. The van der Waals surface area contributed by atoms with E-state index in [9.17, 15) is 4.79 Å². The van der Waals surface area contributed by atoms with Gasteiger partial charge in [-0.25, -0.2) is 0 Å². The number of hydrogen-bond acceptors (Lipinski definition) is 2. The monoisotopic (exact) mass is 230 g/mol. The summed E-state index contributed by atoms with van der Waals surface area (Å²) < 4.78 is 0. The molecule has 90 valence electrons. The van der Waals surface area contributed by atoms with Crippen LogP contribution in [-0.4, -0.2) is 19.0 Å². The molecule has 3 N–H and O–H groups in total. The first kappa shape index (κ1) is 11.9. The van der Waals surface area contributed by atoms with Crippen LogP contribution in [0.3, 0.4) is 0 Å². The summed E-state index contributed by atoms with van der Waals surface area (Å²) in [6, 6.07) is 8.38. The van der Waals surface area contributed by atoms with Gasteiger partial charge in [0.15, 0.2) is 0 Å². The number of nitrogens with two attached hydrogens (primary N) is 1. The molecule has 0 bridgehead atoms. The van der Waals surface area contributed by atoms with E-state index in [2.05, 4.69) is 29.6 Å². The van der Waals surface area contributed by atoms with Crippen molar-refractivity contribution < 1.29 is 4.79 Å². The molecule has 2 rings (SSSR count). The molecule has 3 nitrogen and oxygen atoms in total. The molecular weight excluding hydrogens is 212 g/mol. The molecule has 3 heteroatoms. The maximum atomic E-state index is 11.4. The van der Waals surface area contributed by atoms with Gasteiger partial charge >= 0.3 is 0 Å². The van der Waals surface area contributed by atoms with Crippen molar-refractivity contribution >= 4 is 11.5 Å². The van der Waals surface area contributed by atoms with Crippen molar-refractivity contribution in [1.29, 1.82) is 0 Å². The van der Waals surface area contributed by atoms with Crippen LogP contribution in [0.1, 0.15) is 24.0 Å². The third-order valence-electron chi connectivity index (χ3n) is 3.02. The summed E-state index contributed by atoms with van der Waals surface area (Å²) in [5, 5.41) is 2.91. The van der Waals surface area contributed by atoms with Crippen molar-refractivity contribution in [2.45, 2.75) is 19.3 Å². The van der Waals surface area contributed by atoms with Gasteiger partial charge in [0.25, 0.3) is 0 Å². The van der Waals surface area contributed by atoms with Crippen molar-refractivity contribution in [1.82, 2.24) is 5.32 Å². The third kappa shape index (κ3) is 2.94. The SMILES string of the molecule is NCCC(=O)NCC1=CCCc2ccccc21. The molecule has 0 saturated heterocycles. The summed E-state index contributed by atoms with van der Waals surface area (Å²) in [4.78, 5) is 11.4. The van der Waals surface area contributed by atoms with Crippen LogP contribution in [0.5, 0.6) is 0 Å². The molecule has 1 aliphatic carbocycles. The van der Waals surface area contributed by atoms with Gasteiger partial charge in [0.05, 0.1) is 0 Å². The summed E-state index contributed by atoms with van der Waals surface area (Å²) in [6.07, 6.45) is 4.76. The third-order valence-corrected chi connectivity index (χ3v) is 3.02. The average Bonchev–Trinajstić information content (AvgIpc) is 2.36. The summed E-state index contributed by atoms with van der Waals surface area (Å²) in [5.74, 6) is 0.0245. The number of hydrogen-bond donors (Lipinski definition) is 2. The average molecular weight is 230 g/mol. The van der Waals surface area contributed by atoms with E-state index in [4.69, 9.17) is 5.73 Å². The zero-order chi connectivity index (χ0) is 12.1. The lowest BCUT2D eigenvalue weighted by Crippen LogP contribution is -2.27. The smallest absolute Gasteiger partial charge is 0.221 e. The molecule has 0 radical (unpaired) electrons. The second-order valence-corrected chi connectivity index (χ2v) is 4.24. The topological polar surface area (TPSA) is 55.1 Å². The molecule has 1 amide bonds. The summed E-state index contributed by atoms with van der Waals surface area (Å²) in [5.41, 5.74) is 9.20. The maximum Gasteiger partial charge on any atom is 0.221 e. The molecule has 0 atom stereocenters. The van der Waals surface area contributed by atoms with Crippen LogP contribution in [0.25, 0.3) is 5.57 Å². The lowest BCUT2D eigenvalue weighted by atomic mass is 9.91. The lowest BCUT2D eigenvalue weighted by molar-refractivity contribution is -0.120. The van der Waals surface area contributed by atoms with E-state index in [1.54, 1.807) is 0 Å². The zero-order valence-corrected chi connectivity index (χ0v) is 9.91. The van der Waals surface area contributed by atoms with Crippen molar-refractivity contribution in [3.63, 3.8) is 0 Å². The standard InChI is InChI=1S/C14H18N2O/c15-9-8-14(17)16-10-12-6-3-5-11-4-1-2-7-13(11)12/h1-2,4,6-7H,3,5,8-10,15H2,(H,16,17). The van der Waals surface area contributed by atoms with Crippen LogP contribution in [-0.2, 0) is 11.2 Å². The van der Waals surface area contributed by atoms with Crippen LogP contribution in [0.2, 0.25) is 0 Å². The molecule has 0 aliphatic heterocycles. The molecule has 0 fully saturated rings. The van der Waals surface area contributed by atoms with Crippen LogP contribution in [0.4, 0.5) is 0 Å². The molecule has 0 aromatic heterocycles. The molecule has 1 aromatic carbocycles. The number of benzene rings is 1. The Morgan fingerprint density at radius 3 is 3.00 bits per heavy atom. The maximum absolute atomic E-state index is 11.4. The Morgan fingerprint density at radius 1 is 1.35 bits per heavy atom. The predicted octanol–water partition coefficient (Wildman–Crippen LogP) is 1.48. The summed E-state index contributed by atoms with van der Waals surface area (Å²) >= 11 is 0. The largest absolute Gasteiger partial charge is 0.352 e.